The Kier molecular flexibility index (Phi) is 6.20. The Labute approximate surface area is 128 Å². The zero-order chi connectivity index (χ0) is 16.2. The van der Waals surface area contributed by atoms with Crippen molar-refractivity contribution in [3.63, 3.8) is 0 Å². The molecule has 21 heavy (non-hydrogen) atoms. The number of amides is 2. The van der Waals surface area contributed by atoms with Crippen molar-refractivity contribution < 1.29 is 9.59 Å². The lowest BCUT2D eigenvalue weighted by Crippen LogP contribution is -2.51. The molecular weight excluding hydrogens is 266 g/mol. The van der Waals surface area contributed by atoms with Crippen molar-refractivity contribution >= 4 is 11.8 Å². The molecule has 1 rings (SSSR count). The predicted molar refractivity (Wildman–Crippen MR) is 84.6 cm³/mol. The van der Waals surface area contributed by atoms with E-state index in [1.54, 1.807) is 0 Å². The van der Waals surface area contributed by atoms with Crippen molar-refractivity contribution in [2.75, 3.05) is 19.6 Å². The molecule has 5 heteroatoms. The summed E-state index contributed by atoms with van der Waals surface area (Å²) < 4.78 is 0. The van der Waals surface area contributed by atoms with E-state index in [9.17, 15) is 9.59 Å². The van der Waals surface area contributed by atoms with E-state index in [0.29, 0.717) is 6.54 Å². The highest BCUT2D eigenvalue weighted by Gasteiger charge is 2.31. The Morgan fingerprint density at radius 2 is 1.76 bits per heavy atom. The number of hydrogen-bond donors (Lipinski definition) is 2. The molecule has 1 saturated heterocycles. The highest BCUT2D eigenvalue weighted by molar-refractivity contribution is 5.82. The average Bonchev–Trinajstić information content (AvgIpc) is 2.38. The fraction of sp³-hybridized carbons (Fsp3) is 0.875. The van der Waals surface area contributed by atoms with E-state index >= 15 is 0 Å². The van der Waals surface area contributed by atoms with Crippen molar-refractivity contribution in [3.05, 3.63) is 0 Å². The molecule has 0 saturated carbocycles. The van der Waals surface area contributed by atoms with Gasteiger partial charge < -0.3 is 16.0 Å². The number of carbonyl (C=O) groups excluding carboxylic acids is 2. The van der Waals surface area contributed by atoms with Gasteiger partial charge in [-0.15, -0.1) is 0 Å². The molecule has 3 N–H and O–H groups in total. The van der Waals surface area contributed by atoms with Crippen LogP contribution in [-0.2, 0) is 9.59 Å². The molecule has 1 aliphatic heterocycles. The average molecular weight is 297 g/mol. The van der Waals surface area contributed by atoms with Gasteiger partial charge in [0.25, 0.3) is 0 Å². The van der Waals surface area contributed by atoms with Crippen LogP contribution in [0.15, 0.2) is 0 Å². The van der Waals surface area contributed by atoms with Gasteiger partial charge in [0, 0.05) is 31.1 Å². The van der Waals surface area contributed by atoms with E-state index in [-0.39, 0.29) is 35.1 Å². The number of carbonyl (C=O) groups is 2. The minimum absolute atomic E-state index is 0.0492. The van der Waals surface area contributed by atoms with Crippen LogP contribution < -0.4 is 11.1 Å². The molecule has 0 aromatic carbocycles. The van der Waals surface area contributed by atoms with E-state index < -0.39 is 0 Å². The summed E-state index contributed by atoms with van der Waals surface area (Å²) in [7, 11) is 0. The van der Waals surface area contributed by atoms with Gasteiger partial charge in [0.15, 0.2) is 0 Å². The minimum Gasteiger partial charge on any atom is -0.353 e. The van der Waals surface area contributed by atoms with E-state index in [1.165, 1.54) is 0 Å². The molecule has 1 unspecified atom stereocenters. The number of likely N-dealkylation sites (tertiary alicyclic amines) is 1. The first-order valence-corrected chi connectivity index (χ1v) is 7.96. The summed E-state index contributed by atoms with van der Waals surface area (Å²) in [4.78, 5) is 26.3. The monoisotopic (exact) mass is 297 g/mol. The topological polar surface area (TPSA) is 75.4 Å². The van der Waals surface area contributed by atoms with Crippen LogP contribution in [0.3, 0.4) is 0 Å². The summed E-state index contributed by atoms with van der Waals surface area (Å²) in [5.74, 6) is 0.360. The van der Waals surface area contributed by atoms with E-state index in [0.717, 1.165) is 25.9 Å². The summed E-state index contributed by atoms with van der Waals surface area (Å²) in [5.41, 5.74) is 5.34. The fourth-order valence-corrected chi connectivity index (χ4v) is 2.69. The second-order valence-corrected chi connectivity index (χ2v) is 7.41. The zero-order valence-corrected chi connectivity index (χ0v) is 14.1. The van der Waals surface area contributed by atoms with Crippen molar-refractivity contribution in [2.45, 2.75) is 53.5 Å². The van der Waals surface area contributed by atoms with Gasteiger partial charge in [-0.2, -0.15) is 0 Å². The largest absolute Gasteiger partial charge is 0.353 e. The van der Waals surface area contributed by atoms with Crippen LogP contribution in [0.1, 0.15) is 47.5 Å². The van der Waals surface area contributed by atoms with Crippen molar-refractivity contribution in [3.8, 4) is 0 Å². The standard InChI is InChI=1S/C16H31N3O2/c1-11(2)13(10-17)14(20)18-12-6-8-19(9-7-12)15(21)16(3,4)5/h11-13H,6-10,17H2,1-5H3,(H,18,20). The van der Waals surface area contributed by atoms with Crippen LogP contribution in [0.2, 0.25) is 0 Å². The minimum atomic E-state index is -0.335. The Morgan fingerprint density at radius 3 is 2.14 bits per heavy atom. The highest BCUT2D eigenvalue weighted by Crippen LogP contribution is 2.21. The molecule has 0 bridgehead atoms. The van der Waals surface area contributed by atoms with E-state index in [4.69, 9.17) is 5.73 Å². The number of nitrogens with zero attached hydrogens (tertiary/aromatic N) is 1. The first kappa shape index (κ1) is 18.0. The third kappa shape index (κ3) is 4.99. The normalized spacial score (nSPS) is 18.7. The van der Waals surface area contributed by atoms with Crippen LogP contribution in [0.4, 0.5) is 0 Å². The fourth-order valence-electron chi connectivity index (χ4n) is 2.69. The van der Waals surface area contributed by atoms with Crippen molar-refractivity contribution in [2.24, 2.45) is 23.0 Å². The maximum atomic E-state index is 12.2. The number of nitrogens with one attached hydrogen (secondary N) is 1. The SMILES string of the molecule is CC(C)C(CN)C(=O)NC1CCN(C(=O)C(C)(C)C)CC1. The van der Waals surface area contributed by atoms with E-state index in [2.05, 4.69) is 5.32 Å². The molecule has 0 aromatic rings. The molecule has 122 valence electrons. The summed E-state index contributed by atoms with van der Waals surface area (Å²) in [6.07, 6.45) is 1.64. The molecule has 5 nitrogen and oxygen atoms in total. The maximum Gasteiger partial charge on any atom is 0.227 e. The maximum absolute atomic E-state index is 12.2. The van der Waals surface area contributed by atoms with Crippen LogP contribution in [0.25, 0.3) is 0 Å². The van der Waals surface area contributed by atoms with Crippen LogP contribution in [0, 0.1) is 17.3 Å². The van der Waals surface area contributed by atoms with Crippen LogP contribution in [-0.4, -0.2) is 42.4 Å². The van der Waals surface area contributed by atoms with Crippen molar-refractivity contribution in [1.29, 1.82) is 0 Å². The highest BCUT2D eigenvalue weighted by atomic mass is 16.2. The molecule has 0 aromatic heterocycles. The molecule has 1 atom stereocenters. The van der Waals surface area contributed by atoms with Crippen LogP contribution in [0.5, 0.6) is 0 Å². The Balaban J connectivity index is 2.47. The molecule has 0 aliphatic carbocycles. The molecule has 0 radical (unpaired) electrons. The van der Waals surface area contributed by atoms with Crippen molar-refractivity contribution in [1.82, 2.24) is 10.2 Å². The molecule has 0 spiro atoms. The second kappa shape index (κ2) is 7.25. The Bertz CT molecular complexity index is 366. The number of piperidine rings is 1. The quantitative estimate of drug-likeness (QED) is 0.823. The third-order valence-electron chi connectivity index (χ3n) is 4.17. The summed E-state index contributed by atoms with van der Waals surface area (Å²) in [6, 6.07) is 0.161. The smallest absolute Gasteiger partial charge is 0.227 e. The van der Waals surface area contributed by atoms with Crippen LogP contribution >= 0.6 is 0 Å². The second-order valence-electron chi connectivity index (χ2n) is 7.41. The molecule has 1 heterocycles. The summed E-state index contributed by atoms with van der Waals surface area (Å²) in [6.45, 7) is 11.7. The third-order valence-corrected chi connectivity index (χ3v) is 4.17. The van der Waals surface area contributed by atoms with Gasteiger partial charge in [-0.3, -0.25) is 9.59 Å². The van der Waals surface area contributed by atoms with Gasteiger partial charge in [0.2, 0.25) is 11.8 Å². The lowest BCUT2D eigenvalue weighted by Gasteiger charge is -2.36. The van der Waals surface area contributed by atoms with Gasteiger partial charge in [0.05, 0.1) is 5.92 Å². The predicted octanol–water partition coefficient (Wildman–Crippen LogP) is 1.37. The van der Waals surface area contributed by atoms with E-state index in [1.807, 2.05) is 39.5 Å². The lowest BCUT2D eigenvalue weighted by atomic mass is 9.92. The first-order valence-electron chi connectivity index (χ1n) is 7.96. The summed E-state index contributed by atoms with van der Waals surface area (Å²) in [5, 5.41) is 3.09. The number of hydrogen-bond acceptors (Lipinski definition) is 3. The molecule has 2 amide bonds. The first-order chi connectivity index (χ1) is 9.66. The zero-order valence-electron chi connectivity index (χ0n) is 14.1. The molecular formula is C16H31N3O2. The number of nitrogens with two attached hydrogens (primary N) is 1. The Hall–Kier alpha value is -1.10. The molecule has 1 aliphatic rings. The summed E-state index contributed by atoms with van der Waals surface area (Å²) >= 11 is 0. The van der Waals surface area contributed by atoms with Gasteiger partial charge in [0.1, 0.15) is 0 Å². The molecule has 1 fully saturated rings. The number of rotatable bonds is 4. The van der Waals surface area contributed by atoms with Gasteiger partial charge in [-0.25, -0.2) is 0 Å². The van der Waals surface area contributed by atoms with Gasteiger partial charge >= 0.3 is 0 Å². The van der Waals surface area contributed by atoms with Gasteiger partial charge in [-0.1, -0.05) is 34.6 Å². The lowest BCUT2D eigenvalue weighted by molar-refractivity contribution is -0.140. The Morgan fingerprint density at radius 1 is 1.24 bits per heavy atom. The van der Waals surface area contributed by atoms with Gasteiger partial charge in [-0.05, 0) is 18.8 Å².